The highest BCUT2D eigenvalue weighted by atomic mass is 32.1. The molecule has 0 fully saturated rings. The van der Waals surface area contributed by atoms with Gasteiger partial charge in [-0.3, -0.25) is 9.48 Å². The molecular weight excluding hydrogens is 278 g/mol. The van der Waals surface area contributed by atoms with Gasteiger partial charge in [0.15, 0.2) is 11.5 Å². The molecule has 0 radical (unpaired) electrons. The molecule has 0 aromatic carbocycles. The maximum absolute atomic E-state index is 11.9. The lowest BCUT2D eigenvalue weighted by molar-refractivity contribution is 0.0517. The fraction of sp³-hybridized carbons (Fsp3) is 0.385. The summed E-state index contributed by atoms with van der Waals surface area (Å²) < 4.78 is 6.65. The molecule has 0 saturated heterocycles. The minimum Gasteiger partial charge on any atom is -0.461 e. The molecule has 0 amide bonds. The van der Waals surface area contributed by atoms with E-state index in [1.165, 1.54) is 18.3 Å². The molecule has 0 aliphatic rings. The molecule has 6 nitrogen and oxygen atoms in total. The average Bonchev–Trinajstić information content (AvgIpc) is 2.95. The Hall–Kier alpha value is -2.02. The number of aryl methyl sites for hydroxylation is 1. The first-order valence-corrected chi connectivity index (χ1v) is 6.95. The summed E-state index contributed by atoms with van der Waals surface area (Å²) in [6.07, 6.45) is 1.67. The van der Waals surface area contributed by atoms with E-state index in [4.69, 9.17) is 4.74 Å². The molecule has 0 bridgehead atoms. The number of ketones is 1. The van der Waals surface area contributed by atoms with Crippen molar-refractivity contribution in [1.82, 2.24) is 14.8 Å². The van der Waals surface area contributed by atoms with Crippen LogP contribution in [0.4, 0.5) is 0 Å². The predicted octanol–water partition coefficient (Wildman–Crippen LogP) is 2.23. The molecule has 7 heteroatoms. The van der Waals surface area contributed by atoms with E-state index in [1.807, 2.05) is 14.0 Å². The maximum atomic E-state index is 11.9. The largest absolute Gasteiger partial charge is 0.461 e. The minimum atomic E-state index is -0.568. The van der Waals surface area contributed by atoms with Crippen molar-refractivity contribution in [3.63, 3.8) is 0 Å². The summed E-state index contributed by atoms with van der Waals surface area (Å²) in [4.78, 5) is 28.1. The van der Waals surface area contributed by atoms with E-state index in [1.54, 1.807) is 17.8 Å². The first kappa shape index (κ1) is 14.4. The van der Waals surface area contributed by atoms with Crippen LogP contribution in [0.15, 0.2) is 6.20 Å². The highest BCUT2D eigenvalue weighted by molar-refractivity contribution is 7.17. The number of esters is 1. The molecule has 0 atom stereocenters. The summed E-state index contributed by atoms with van der Waals surface area (Å²) in [6.45, 7) is 5.27. The number of aromatic nitrogens is 3. The summed E-state index contributed by atoms with van der Waals surface area (Å²) in [5, 5.41) is 4.74. The van der Waals surface area contributed by atoms with Gasteiger partial charge in [0, 0.05) is 19.7 Å². The van der Waals surface area contributed by atoms with Crippen molar-refractivity contribution in [3.05, 3.63) is 22.5 Å². The second kappa shape index (κ2) is 5.54. The number of hydrogen-bond acceptors (Lipinski definition) is 6. The second-order valence-electron chi connectivity index (χ2n) is 4.24. The van der Waals surface area contributed by atoms with Gasteiger partial charge in [-0.1, -0.05) is 0 Å². The monoisotopic (exact) mass is 293 g/mol. The van der Waals surface area contributed by atoms with Gasteiger partial charge in [-0.25, -0.2) is 9.78 Å². The SMILES string of the molecule is CCOC(=O)c1nc(-c2cnn(C)c2C)sc1C(C)=O. The number of thiazole rings is 1. The first-order valence-electron chi connectivity index (χ1n) is 6.13. The summed E-state index contributed by atoms with van der Waals surface area (Å²) in [5.41, 5.74) is 1.82. The van der Waals surface area contributed by atoms with E-state index in [9.17, 15) is 9.59 Å². The van der Waals surface area contributed by atoms with Crippen molar-refractivity contribution in [2.75, 3.05) is 6.61 Å². The topological polar surface area (TPSA) is 74.1 Å². The summed E-state index contributed by atoms with van der Waals surface area (Å²) in [7, 11) is 1.82. The van der Waals surface area contributed by atoms with Gasteiger partial charge in [0.05, 0.1) is 18.4 Å². The van der Waals surface area contributed by atoms with Crippen LogP contribution < -0.4 is 0 Å². The predicted molar refractivity (Wildman–Crippen MR) is 75.0 cm³/mol. The fourth-order valence-electron chi connectivity index (χ4n) is 1.72. The molecule has 2 rings (SSSR count). The third-order valence-corrected chi connectivity index (χ3v) is 4.07. The van der Waals surface area contributed by atoms with Gasteiger partial charge in [0.25, 0.3) is 0 Å². The van der Waals surface area contributed by atoms with Crippen LogP contribution in [0, 0.1) is 6.92 Å². The lowest BCUT2D eigenvalue weighted by Gasteiger charge is -1.98. The number of carbonyl (C=O) groups is 2. The van der Waals surface area contributed by atoms with Gasteiger partial charge in [0.2, 0.25) is 0 Å². The van der Waals surface area contributed by atoms with Crippen molar-refractivity contribution in [1.29, 1.82) is 0 Å². The van der Waals surface area contributed by atoms with Crippen molar-refractivity contribution in [3.8, 4) is 10.6 Å². The lowest BCUT2D eigenvalue weighted by atomic mass is 10.2. The van der Waals surface area contributed by atoms with Crippen LogP contribution >= 0.6 is 11.3 Å². The Morgan fingerprint density at radius 1 is 1.45 bits per heavy atom. The summed E-state index contributed by atoms with van der Waals surface area (Å²) >= 11 is 1.19. The van der Waals surface area contributed by atoms with Crippen LogP contribution in [0.2, 0.25) is 0 Å². The van der Waals surface area contributed by atoms with Gasteiger partial charge in [-0.2, -0.15) is 5.10 Å². The van der Waals surface area contributed by atoms with E-state index < -0.39 is 5.97 Å². The summed E-state index contributed by atoms with van der Waals surface area (Å²) in [6, 6.07) is 0. The molecule has 0 aliphatic heterocycles. The Morgan fingerprint density at radius 3 is 2.65 bits per heavy atom. The van der Waals surface area contributed by atoms with E-state index in [0.29, 0.717) is 9.88 Å². The third kappa shape index (κ3) is 2.49. The molecule has 0 saturated carbocycles. The molecule has 20 heavy (non-hydrogen) atoms. The molecule has 0 unspecified atom stereocenters. The standard InChI is InChI=1S/C13H15N3O3S/c1-5-19-13(18)10-11(8(3)17)20-12(15-10)9-6-14-16(4)7(9)2/h6H,5H2,1-4H3. The molecule has 0 aliphatic carbocycles. The number of nitrogens with zero attached hydrogens (tertiary/aromatic N) is 3. The normalized spacial score (nSPS) is 10.6. The average molecular weight is 293 g/mol. The Kier molecular flexibility index (Phi) is 3.99. The van der Waals surface area contributed by atoms with Crippen LogP contribution in [0.1, 0.15) is 39.7 Å². The second-order valence-corrected chi connectivity index (χ2v) is 5.24. The molecule has 2 heterocycles. The highest BCUT2D eigenvalue weighted by Gasteiger charge is 2.24. The van der Waals surface area contributed by atoms with Gasteiger partial charge in [-0.15, -0.1) is 11.3 Å². The Morgan fingerprint density at radius 2 is 2.15 bits per heavy atom. The Balaban J connectivity index is 2.52. The molecule has 106 valence electrons. The van der Waals surface area contributed by atoms with E-state index in [0.717, 1.165) is 11.3 Å². The summed E-state index contributed by atoms with van der Waals surface area (Å²) in [5.74, 6) is -0.764. The zero-order valence-corrected chi connectivity index (χ0v) is 12.6. The van der Waals surface area contributed by atoms with Crippen molar-refractivity contribution < 1.29 is 14.3 Å². The lowest BCUT2D eigenvalue weighted by Crippen LogP contribution is -2.09. The van der Waals surface area contributed by atoms with Gasteiger partial charge < -0.3 is 4.74 Å². The van der Waals surface area contributed by atoms with Crippen molar-refractivity contribution in [2.24, 2.45) is 7.05 Å². The van der Waals surface area contributed by atoms with Gasteiger partial charge in [0.1, 0.15) is 9.88 Å². The quantitative estimate of drug-likeness (QED) is 0.638. The number of carbonyl (C=O) groups excluding carboxylic acids is 2. The van der Waals surface area contributed by atoms with Crippen molar-refractivity contribution in [2.45, 2.75) is 20.8 Å². The van der Waals surface area contributed by atoms with Crippen LogP contribution in [-0.4, -0.2) is 33.1 Å². The number of hydrogen-bond donors (Lipinski definition) is 0. The maximum Gasteiger partial charge on any atom is 0.358 e. The number of ether oxygens (including phenoxy) is 1. The van der Waals surface area contributed by atoms with E-state index >= 15 is 0 Å². The zero-order chi connectivity index (χ0) is 14.9. The molecular formula is C13H15N3O3S. The van der Waals surface area contributed by atoms with Crippen molar-refractivity contribution >= 4 is 23.1 Å². The first-order chi connectivity index (χ1) is 9.45. The third-order valence-electron chi connectivity index (χ3n) is 2.88. The minimum absolute atomic E-state index is 0.0857. The van der Waals surface area contributed by atoms with Crippen LogP contribution in [0.25, 0.3) is 10.6 Å². The molecule has 2 aromatic heterocycles. The zero-order valence-electron chi connectivity index (χ0n) is 11.8. The van der Waals surface area contributed by atoms with Gasteiger partial charge >= 0.3 is 5.97 Å². The fourth-order valence-corrected chi connectivity index (χ4v) is 2.73. The van der Waals surface area contributed by atoms with E-state index in [2.05, 4.69) is 10.1 Å². The number of Topliss-reactive ketones (excluding diaryl/α,β-unsaturated/α-hetero) is 1. The van der Waals surface area contributed by atoms with Crippen LogP contribution in [0.3, 0.4) is 0 Å². The smallest absolute Gasteiger partial charge is 0.358 e. The highest BCUT2D eigenvalue weighted by Crippen LogP contribution is 2.30. The van der Waals surface area contributed by atoms with Crippen LogP contribution in [0.5, 0.6) is 0 Å². The molecule has 0 spiro atoms. The van der Waals surface area contributed by atoms with Crippen LogP contribution in [-0.2, 0) is 11.8 Å². The number of rotatable bonds is 4. The van der Waals surface area contributed by atoms with Gasteiger partial charge in [-0.05, 0) is 13.8 Å². The molecule has 0 N–H and O–H groups in total. The Bertz CT molecular complexity index is 672. The van der Waals surface area contributed by atoms with E-state index in [-0.39, 0.29) is 18.1 Å². The Labute approximate surface area is 120 Å². The molecule has 2 aromatic rings.